The number of anilines is 2. The highest BCUT2D eigenvalue weighted by molar-refractivity contribution is 5.97. The van der Waals surface area contributed by atoms with E-state index in [2.05, 4.69) is 89.1 Å². The number of rotatable bonds is 1. The van der Waals surface area contributed by atoms with Crippen LogP contribution in [0.15, 0.2) is 91.0 Å². The smallest absolute Gasteiger partial charge is 0.0880 e. The van der Waals surface area contributed by atoms with E-state index in [1.807, 2.05) is 12.1 Å². The van der Waals surface area contributed by atoms with E-state index in [9.17, 15) is 0 Å². The van der Waals surface area contributed by atoms with Gasteiger partial charge in [0, 0.05) is 45.0 Å². The van der Waals surface area contributed by atoms with E-state index >= 15 is 0 Å². The van der Waals surface area contributed by atoms with Crippen LogP contribution in [-0.2, 0) is 6.54 Å². The van der Waals surface area contributed by atoms with E-state index in [4.69, 9.17) is 9.97 Å². The van der Waals surface area contributed by atoms with Crippen molar-refractivity contribution >= 4 is 55.0 Å². The van der Waals surface area contributed by atoms with Gasteiger partial charge in [-0.2, -0.15) is 0 Å². The van der Waals surface area contributed by atoms with Gasteiger partial charge in [-0.15, -0.1) is 0 Å². The van der Waals surface area contributed by atoms with Crippen LogP contribution in [0.4, 0.5) is 11.4 Å². The van der Waals surface area contributed by atoms with Crippen LogP contribution >= 0.6 is 0 Å². The Bertz CT molecular complexity index is 1670. The monoisotopic (exact) mass is 412 g/mol. The molecule has 4 heteroatoms. The van der Waals surface area contributed by atoms with Gasteiger partial charge in [0.05, 0.1) is 28.7 Å². The molecule has 4 nitrogen and oxygen atoms in total. The average Bonchev–Trinajstić information content (AvgIpc) is 2.85. The van der Waals surface area contributed by atoms with Gasteiger partial charge in [0.25, 0.3) is 0 Å². The van der Waals surface area contributed by atoms with Gasteiger partial charge >= 0.3 is 0 Å². The molecule has 0 amide bonds. The molecule has 0 saturated carbocycles. The fourth-order valence-electron chi connectivity index (χ4n) is 4.79. The molecule has 1 N–H and O–H groups in total. The first-order valence-electron chi connectivity index (χ1n) is 10.9. The Morgan fingerprint density at radius 3 is 2.16 bits per heavy atom. The molecule has 0 atom stereocenters. The summed E-state index contributed by atoms with van der Waals surface area (Å²) in [6, 6.07) is 32.0. The van der Waals surface area contributed by atoms with Crippen molar-refractivity contribution in [3.8, 4) is 0 Å². The third-order valence-corrected chi connectivity index (χ3v) is 6.47. The van der Waals surface area contributed by atoms with Crippen molar-refractivity contribution in [3.63, 3.8) is 0 Å². The van der Waals surface area contributed by atoms with Gasteiger partial charge in [0.2, 0.25) is 0 Å². The zero-order valence-corrected chi connectivity index (χ0v) is 17.4. The number of benzene rings is 4. The quantitative estimate of drug-likeness (QED) is 0.314. The highest BCUT2D eigenvalue weighted by atomic mass is 15.2. The molecule has 7 rings (SSSR count). The van der Waals surface area contributed by atoms with E-state index < -0.39 is 0 Å². The van der Waals surface area contributed by atoms with Crippen molar-refractivity contribution in [3.05, 3.63) is 96.6 Å². The summed E-state index contributed by atoms with van der Waals surface area (Å²) in [6.07, 6.45) is 0. The number of aromatic nitrogens is 2. The van der Waals surface area contributed by atoms with Gasteiger partial charge in [-0.3, -0.25) is 0 Å². The van der Waals surface area contributed by atoms with Gasteiger partial charge in [0.15, 0.2) is 0 Å². The van der Waals surface area contributed by atoms with Crippen LogP contribution in [0.25, 0.3) is 43.6 Å². The second-order valence-corrected chi connectivity index (χ2v) is 8.44. The predicted octanol–water partition coefficient (Wildman–Crippen LogP) is 6.48. The molecule has 6 aromatic rings. The van der Waals surface area contributed by atoms with Gasteiger partial charge in [-0.1, -0.05) is 48.5 Å². The van der Waals surface area contributed by atoms with Gasteiger partial charge < -0.3 is 10.2 Å². The minimum Gasteiger partial charge on any atom is -0.367 e. The Kier molecular flexibility index (Phi) is 3.64. The lowest BCUT2D eigenvalue weighted by atomic mass is 10.0. The number of hydrogen-bond donors (Lipinski definition) is 1. The first-order valence-corrected chi connectivity index (χ1v) is 10.9. The lowest BCUT2D eigenvalue weighted by Gasteiger charge is -2.32. The molecule has 0 aliphatic carbocycles. The molecule has 0 radical (unpaired) electrons. The molecule has 0 unspecified atom stereocenters. The standard InChI is InChI=1S/C28H20N4/c1-3-7-24-18(5-1)13-20-9-11-22(15-27(20)30-24)32-16-23-26(29-17-32)12-10-21-14-19-6-2-4-8-25(19)31-28(21)23/h1-15,29H,16-17H2. The fraction of sp³-hybridized carbons (Fsp3) is 0.0714. The SMILES string of the molecule is c1ccc2nc3cc(N4CNc5ccc6cc7ccccc7nc6c5C4)ccc3cc2c1. The number of para-hydroxylation sites is 2. The van der Waals surface area contributed by atoms with Crippen LogP contribution in [0.5, 0.6) is 0 Å². The van der Waals surface area contributed by atoms with E-state index in [1.165, 1.54) is 27.4 Å². The largest absolute Gasteiger partial charge is 0.367 e. The summed E-state index contributed by atoms with van der Waals surface area (Å²) in [4.78, 5) is 12.3. The topological polar surface area (TPSA) is 41.1 Å². The molecular formula is C28H20N4. The van der Waals surface area contributed by atoms with E-state index in [0.717, 1.165) is 46.4 Å². The zero-order chi connectivity index (χ0) is 21.1. The van der Waals surface area contributed by atoms with Gasteiger partial charge in [-0.05, 0) is 42.5 Å². The molecule has 0 saturated heterocycles. The van der Waals surface area contributed by atoms with Crippen LogP contribution in [0.2, 0.25) is 0 Å². The summed E-state index contributed by atoms with van der Waals surface area (Å²) in [5, 5.41) is 8.28. The third-order valence-electron chi connectivity index (χ3n) is 6.47. The average molecular weight is 412 g/mol. The van der Waals surface area contributed by atoms with Crippen LogP contribution in [0.3, 0.4) is 0 Å². The molecule has 0 fully saturated rings. The number of fused-ring (bicyclic) bond motifs is 6. The maximum absolute atomic E-state index is 5.02. The van der Waals surface area contributed by atoms with Crippen LogP contribution in [0, 0.1) is 0 Å². The van der Waals surface area contributed by atoms with Crippen LogP contribution in [0.1, 0.15) is 5.56 Å². The molecule has 0 bridgehead atoms. The van der Waals surface area contributed by atoms with Crippen molar-refractivity contribution in [1.29, 1.82) is 0 Å². The Hall–Kier alpha value is -4.18. The fourth-order valence-corrected chi connectivity index (χ4v) is 4.79. The van der Waals surface area contributed by atoms with E-state index in [1.54, 1.807) is 0 Å². The first kappa shape index (κ1) is 17.5. The summed E-state index contributed by atoms with van der Waals surface area (Å²) in [7, 11) is 0. The van der Waals surface area contributed by atoms with Crippen molar-refractivity contribution in [2.75, 3.05) is 16.9 Å². The summed E-state index contributed by atoms with van der Waals surface area (Å²) in [6.45, 7) is 1.56. The highest BCUT2D eigenvalue weighted by Gasteiger charge is 2.20. The van der Waals surface area contributed by atoms with Crippen molar-refractivity contribution in [2.45, 2.75) is 6.54 Å². The minimum atomic E-state index is 0.755. The van der Waals surface area contributed by atoms with Crippen molar-refractivity contribution in [2.24, 2.45) is 0 Å². The number of nitrogens with zero attached hydrogens (tertiary/aromatic N) is 3. The summed E-state index contributed by atoms with van der Waals surface area (Å²) >= 11 is 0. The molecule has 2 aromatic heterocycles. The molecule has 0 spiro atoms. The number of pyridine rings is 2. The Morgan fingerprint density at radius 1 is 0.625 bits per heavy atom. The molecule has 32 heavy (non-hydrogen) atoms. The lowest BCUT2D eigenvalue weighted by Crippen LogP contribution is -2.33. The molecule has 1 aliphatic heterocycles. The second-order valence-electron chi connectivity index (χ2n) is 8.44. The molecule has 152 valence electrons. The molecule has 1 aliphatic rings. The Labute approximate surface area is 185 Å². The Balaban J connectivity index is 1.33. The van der Waals surface area contributed by atoms with Gasteiger partial charge in [-0.25, -0.2) is 9.97 Å². The van der Waals surface area contributed by atoms with Crippen LogP contribution in [-0.4, -0.2) is 16.6 Å². The van der Waals surface area contributed by atoms with Crippen molar-refractivity contribution in [1.82, 2.24) is 9.97 Å². The predicted molar refractivity (Wildman–Crippen MR) is 133 cm³/mol. The van der Waals surface area contributed by atoms with Crippen LogP contribution < -0.4 is 10.2 Å². The zero-order valence-electron chi connectivity index (χ0n) is 17.4. The third kappa shape index (κ3) is 2.70. The normalized spacial score (nSPS) is 13.6. The number of nitrogens with one attached hydrogen (secondary N) is 1. The molecular weight excluding hydrogens is 392 g/mol. The molecule has 4 aromatic carbocycles. The molecule has 3 heterocycles. The summed E-state index contributed by atoms with van der Waals surface area (Å²) in [5.41, 5.74) is 7.73. The minimum absolute atomic E-state index is 0.755. The highest BCUT2D eigenvalue weighted by Crippen LogP contribution is 2.34. The first-order chi connectivity index (χ1) is 15.8. The van der Waals surface area contributed by atoms with Gasteiger partial charge in [0.1, 0.15) is 0 Å². The van der Waals surface area contributed by atoms with E-state index in [-0.39, 0.29) is 0 Å². The maximum atomic E-state index is 5.02. The summed E-state index contributed by atoms with van der Waals surface area (Å²) < 4.78 is 0. The second kappa shape index (κ2) is 6.66. The van der Waals surface area contributed by atoms with E-state index in [0.29, 0.717) is 0 Å². The number of hydrogen-bond acceptors (Lipinski definition) is 4. The Morgan fingerprint density at radius 2 is 1.31 bits per heavy atom. The maximum Gasteiger partial charge on any atom is 0.0880 e. The summed E-state index contributed by atoms with van der Waals surface area (Å²) in [5.74, 6) is 0. The lowest BCUT2D eigenvalue weighted by molar-refractivity contribution is 0.815. The van der Waals surface area contributed by atoms with Crippen molar-refractivity contribution < 1.29 is 0 Å².